The number of nitrogens with zero attached hydrogens (tertiary/aromatic N) is 3. The lowest BCUT2D eigenvalue weighted by Gasteiger charge is -2.33. The molecule has 1 atom stereocenters. The van der Waals surface area contributed by atoms with Crippen molar-refractivity contribution in [3.63, 3.8) is 0 Å². The van der Waals surface area contributed by atoms with Crippen LogP contribution in [0, 0.1) is 15.9 Å². The van der Waals surface area contributed by atoms with Gasteiger partial charge in [0.05, 0.1) is 15.5 Å². The third kappa shape index (κ3) is 6.51. The lowest BCUT2D eigenvalue weighted by atomic mass is 10.1. The first-order valence-corrected chi connectivity index (χ1v) is 13.1. The molecule has 0 heterocycles. The Morgan fingerprint density at radius 3 is 2.13 bits per heavy atom. The summed E-state index contributed by atoms with van der Waals surface area (Å²) in [6.07, 6.45) is 0.232. The van der Waals surface area contributed by atoms with E-state index >= 15 is 0 Å². The Morgan fingerprint density at radius 2 is 1.61 bits per heavy atom. The molecule has 3 aromatic rings. The van der Waals surface area contributed by atoms with E-state index in [1.54, 1.807) is 13.0 Å². The molecular formula is C26H27FN4O6S. The van der Waals surface area contributed by atoms with Crippen molar-refractivity contribution in [3.05, 3.63) is 100 Å². The second kappa shape index (κ2) is 12.3. The first-order chi connectivity index (χ1) is 18.1. The van der Waals surface area contributed by atoms with E-state index in [1.165, 1.54) is 72.6 Å². The summed E-state index contributed by atoms with van der Waals surface area (Å²) in [5, 5.41) is 13.6. The summed E-state index contributed by atoms with van der Waals surface area (Å²) in [6, 6.07) is 16.7. The lowest BCUT2D eigenvalue weighted by Crippen LogP contribution is -2.51. The molecule has 0 aliphatic carbocycles. The van der Waals surface area contributed by atoms with Gasteiger partial charge in [0.25, 0.3) is 15.7 Å². The number of nitrogens with one attached hydrogen (secondary N) is 1. The van der Waals surface area contributed by atoms with E-state index in [9.17, 15) is 32.5 Å². The van der Waals surface area contributed by atoms with Crippen LogP contribution in [-0.2, 0) is 26.2 Å². The topological polar surface area (TPSA) is 130 Å². The van der Waals surface area contributed by atoms with E-state index in [4.69, 9.17) is 0 Å². The standard InChI is InChI=1S/C26H27FN4O6S/c1-3-24(26(33)28-2)29(17-19-9-11-20(27)12-10-19)25(32)18-30(21-13-15-22(16-14-21)31(34)35)38(36,37)23-7-5-4-6-8-23/h4-16,24H,3,17-18H2,1-2H3,(H,28,33)/t24-/m1/s1. The van der Waals surface area contributed by atoms with Gasteiger partial charge in [0.15, 0.2) is 0 Å². The van der Waals surface area contributed by atoms with Gasteiger partial charge in [-0.2, -0.15) is 0 Å². The van der Waals surface area contributed by atoms with Crippen molar-refractivity contribution in [2.75, 3.05) is 17.9 Å². The smallest absolute Gasteiger partial charge is 0.269 e. The minimum atomic E-state index is -4.29. The Labute approximate surface area is 219 Å². The highest BCUT2D eigenvalue weighted by Crippen LogP contribution is 2.26. The molecule has 0 bridgehead atoms. The van der Waals surface area contributed by atoms with E-state index in [1.807, 2.05) is 0 Å². The summed E-state index contributed by atoms with van der Waals surface area (Å²) in [4.78, 5) is 38.0. The zero-order valence-corrected chi connectivity index (χ0v) is 21.6. The molecule has 0 aliphatic rings. The van der Waals surface area contributed by atoms with Crippen LogP contribution in [0.5, 0.6) is 0 Å². The van der Waals surface area contributed by atoms with E-state index in [2.05, 4.69) is 5.32 Å². The van der Waals surface area contributed by atoms with Crippen molar-refractivity contribution >= 4 is 33.2 Å². The minimum absolute atomic E-state index is 0.0301. The highest BCUT2D eigenvalue weighted by Gasteiger charge is 2.33. The van der Waals surface area contributed by atoms with E-state index in [-0.39, 0.29) is 29.2 Å². The molecule has 0 fully saturated rings. The summed E-state index contributed by atoms with van der Waals surface area (Å²) in [7, 11) is -2.86. The first-order valence-electron chi connectivity index (χ1n) is 11.7. The molecule has 1 N–H and O–H groups in total. The monoisotopic (exact) mass is 542 g/mol. The number of sulfonamides is 1. The molecular weight excluding hydrogens is 515 g/mol. The number of hydrogen-bond donors (Lipinski definition) is 1. The molecule has 0 aliphatic heterocycles. The molecule has 0 saturated heterocycles. The minimum Gasteiger partial charge on any atom is -0.357 e. The van der Waals surface area contributed by atoms with Gasteiger partial charge in [-0.25, -0.2) is 12.8 Å². The fraction of sp³-hybridized carbons (Fsp3) is 0.231. The number of likely N-dealkylation sites (N-methyl/N-ethyl adjacent to an activating group) is 1. The predicted octanol–water partition coefficient (Wildman–Crippen LogP) is 3.48. The third-order valence-electron chi connectivity index (χ3n) is 5.86. The van der Waals surface area contributed by atoms with Gasteiger partial charge in [-0.3, -0.25) is 24.0 Å². The number of anilines is 1. The summed E-state index contributed by atoms with van der Waals surface area (Å²) < 4.78 is 41.6. The lowest BCUT2D eigenvalue weighted by molar-refractivity contribution is -0.384. The van der Waals surface area contributed by atoms with Crippen molar-refractivity contribution in [3.8, 4) is 0 Å². The van der Waals surface area contributed by atoms with Gasteiger partial charge in [-0.1, -0.05) is 37.3 Å². The largest absolute Gasteiger partial charge is 0.357 e. The number of hydrogen-bond acceptors (Lipinski definition) is 6. The molecule has 12 heteroatoms. The molecule has 3 aromatic carbocycles. The van der Waals surface area contributed by atoms with Crippen molar-refractivity contribution in [2.24, 2.45) is 0 Å². The average Bonchev–Trinajstić information content (AvgIpc) is 2.92. The molecule has 10 nitrogen and oxygen atoms in total. The van der Waals surface area contributed by atoms with Gasteiger partial charge in [0.1, 0.15) is 18.4 Å². The second-order valence-electron chi connectivity index (χ2n) is 8.28. The number of non-ortho nitro benzene ring substituents is 1. The van der Waals surface area contributed by atoms with Gasteiger partial charge in [0, 0.05) is 25.7 Å². The van der Waals surface area contributed by atoms with E-state index in [0.717, 1.165) is 16.4 Å². The highest BCUT2D eigenvalue weighted by atomic mass is 32.2. The predicted molar refractivity (Wildman–Crippen MR) is 139 cm³/mol. The van der Waals surface area contributed by atoms with Gasteiger partial charge >= 0.3 is 0 Å². The number of halogens is 1. The summed E-state index contributed by atoms with van der Waals surface area (Å²) >= 11 is 0. The first kappa shape index (κ1) is 28.3. The Kier molecular flexibility index (Phi) is 9.13. The van der Waals surface area contributed by atoms with Crippen LogP contribution >= 0.6 is 0 Å². The van der Waals surface area contributed by atoms with Crippen LogP contribution in [0.25, 0.3) is 0 Å². The van der Waals surface area contributed by atoms with E-state index < -0.39 is 45.2 Å². The Hall–Kier alpha value is -4.32. The molecule has 200 valence electrons. The van der Waals surface area contributed by atoms with Crippen LogP contribution in [0.15, 0.2) is 83.8 Å². The third-order valence-corrected chi connectivity index (χ3v) is 7.65. The number of nitro groups is 1. The number of rotatable bonds is 11. The summed E-state index contributed by atoms with van der Waals surface area (Å²) in [6.45, 7) is 0.938. The zero-order chi connectivity index (χ0) is 27.9. The normalized spacial score (nSPS) is 11.9. The van der Waals surface area contributed by atoms with Gasteiger partial charge in [-0.15, -0.1) is 0 Å². The van der Waals surface area contributed by atoms with Crippen molar-refractivity contribution < 1.29 is 27.3 Å². The van der Waals surface area contributed by atoms with Gasteiger partial charge in [0.2, 0.25) is 11.8 Å². The molecule has 0 aromatic heterocycles. The number of carbonyl (C=O) groups excluding carboxylic acids is 2. The number of amides is 2. The van der Waals surface area contributed by atoms with Crippen LogP contribution in [0.1, 0.15) is 18.9 Å². The molecule has 3 rings (SSSR count). The Morgan fingerprint density at radius 1 is 1.00 bits per heavy atom. The molecule has 0 radical (unpaired) electrons. The quantitative estimate of drug-likeness (QED) is 0.292. The highest BCUT2D eigenvalue weighted by molar-refractivity contribution is 7.92. The van der Waals surface area contributed by atoms with Crippen molar-refractivity contribution in [1.29, 1.82) is 0 Å². The van der Waals surface area contributed by atoms with Crippen molar-refractivity contribution in [2.45, 2.75) is 30.8 Å². The van der Waals surface area contributed by atoms with Gasteiger partial charge in [-0.05, 0) is 48.4 Å². The average molecular weight is 543 g/mol. The molecule has 0 unspecified atom stereocenters. The van der Waals surface area contributed by atoms with Crippen LogP contribution in [0.3, 0.4) is 0 Å². The van der Waals surface area contributed by atoms with Crippen LogP contribution in [-0.4, -0.2) is 49.7 Å². The van der Waals surface area contributed by atoms with Crippen LogP contribution in [0.4, 0.5) is 15.8 Å². The zero-order valence-electron chi connectivity index (χ0n) is 20.8. The molecule has 0 saturated carbocycles. The number of nitro benzene ring substituents is 1. The fourth-order valence-electron chi connectivity index (χ4n) is 3.86. The fourth-order valence-corrected chi connectivity index (χ4v) is 5.30. The van der Waals surface area contributed by atoms with E-state index in [0.29, 0.717) is 5.56 Å². The summed E-state index contributed by atoms with van der Waals surface area (Å²) in [5.74, 6) is -1.61. The maximum atomic E-state index is 13.7. The number of carbonyl (C=O) groups is 2. The molecule has 38 heavy (non-hydrogen) atoms. The van der Waals surface area contributed by atoms with Crippen molar-refractivity contribution in [1.82, 2.24) is 10.2 Å². The maximum absolute atomic E-state index is 13.7. The maximum Gasteiger partial charge on any atom is 0.269 e. The van der Waals surface area contributed by atoms with Crippen LogP contribution < -0.4 is 9.62 Å². The van der Waals surface area contributed by atoms with Crippen LogP contribution in [0.2, 0.25) is 0 Å². The number of benzene rings is 3. The molecule has 2 amide bonds. The second-order valence-corrected chi connectivity index (χ2v) is 10.1. The Bertz CT molecular complexity index is 1380. The summed E-state index contributed by atoms with van der Waals surface area (Å²) in [5.41, 5.74) is 0.318. The Balaban J connectivity index is 2.06. The van der Waals surface area contributed by atoms with Gasteiger partial charge < -0.3 is 10.2 Å². The molecule has 0 spiro atoms. The SMILES string of the molecule is CC[C@H](C(=O)NC)N(Cc1ccc(F)cc1)C(=O)CN(c1ccc([N+](=O)[O-])cc1)S(=O)(=O)c1ccccc1.